The van der Waals surface area contributed by atoms with E-state index in [1.54, 1.807) is 30.3 Å². The molecule has 3 aromatic rings. The second kappa shape index (κ2) is 10.5. The van der Waals surface area contributed by atoms with E-state index in [0.717, 1.165) is 14.7 Å². The molecule has 0 aliphatic carbocycles. The first-order valence-corrected chi connectivity index (χ1v) is 11.2. The minimum absolute atomic E-state index is 0.0980. The van der Waals surface area contributed by atoms with Gasteiger partial charge < -0.3 is 10.6 Å². The van der Waals surface area contributed by atoms with Crippen molar-refractivity contribution in [3.63, 3.8) is 0 Å². The van der Waals surface area contributed by atoms with Crippen LogP contribution in [0.15, 0.2) is 72.8 Å². The molecule has 31 heavy (non-hydrogen) atoms. The van der Waals surface area contributed by atoms with Gasteiger partial charge in [0.2, 0.25) is 0 Å². The molecular weight excluding hydrogens is 521 g/mol. The predicted molar refractivity (Wildman–Crippen MR) is 136 cm³/mol. The van der Waals surface area contributed by atoms with Gasteiger partial charge >= 0.3 is 0 Å². The van der Waals surface area contributed by atoms with Crippen molar-refractivity contribution in [1.82, 2.24) is 10.6 Å². The van der Waals surface area contributed by atoms with E-state index in [0.29, 0.717) is 16.8 Å². The van der Waals surface area contributed by atoms with Gasteiger partial charge in [0.15, 0.2) is 5.11 Å². The zero-order valence-corrected chi connectivity index (χ0v) is 20.1. The first-order valence-electron chi connectivity index (χ1n) is 9.68. The number of nitrogens with one attached hydrogen (secondary N) is 3. The molecule has 7 heteroatoms. The smallest absolute Gasteiger partial charge is 0.257 e. The Morgan fingerprint density at radius 3 is 2.19 bits per heavy atom. The van der Waals surface area contributed by atoms with Gasteiger partial charge in [-0.15, -0.1) is 0 Å². The summed E-state index contributed by atoms with van der Waals surface area (Å²) in [6.07, 6.45) is 0. The summed E-state index contributed by atoms with van der Waals surface area (Å²) < 4.78 is 1.01. The van der Waals surface area contributed by atoms with Crippen molar-refractivity contribution in [3.8, 4) is 0 Å². The molecule has 3 aromatic carbocycles. The van der Waals surface area contributed by atoms with Gasteiger partial charge in [-0.3, -0.25) is 14.9 Å². The third-order valence-corrected chi connectivity index (χ3v) is 6.08. The fourth-order valence-corrected chi connectivity index (χ4v) is 3.61. The second-order valence-electron chi connectivity index (χ2n) is 7.06. The predicted octanol–water partition coefficient (Wildman–Crippen LogP) is 5.22. The van der Waals surface area contributed by atoms with Crippen molar-refractivity contribution >= 4 is 57.4 Å². The van der Waals surface area contributed by atoms with Gasteiger partial charge in [0.05, 0.1) is 6.04 Å². The van der Waals surface area contributed by atoms with Gasteiger partial charge in [-0.2, -0.15) is 0 Å². The largest absolute Gasteiger partial charge is 0.346 e. The summed E-state index contributed by atoms with van der Waals surface area (Å²) in [6.45, 7) is 3.93. The van der Waals surface area contributed by atoms with Crippen molar-refractivity contribution < 1.29 is 9.59 Å². The van der Waals surface area contributed by atoms with Crippen molar-refractivity contribution in [2.24, 2.45) is 0 Å². The molecule has 0 fully saturated rings. The molecule has 0 bridgehead atoms. The maximum absolute atomic E-state index is 12.5. The molecule has 158 valence electrons. The molecule has 0 radical (unpaired) electrons. The topological polar surface area (TPSA) is 70.2 Å². The molecule has 0 aliphatic heterocycles. The third kappa shape index (κ3) is 6.35. The Labute approximate surface area is 200 Å². The van der Waals surface area contributed by atoms with E-state index in [9.17, 15) is 9.59 Å². The van der Waals surface area contributed by atoms with Crippen LogP contribution in [0, 0.1) is 10.5 Å². The Hall–Kier alpha value is -2.78. The van der Waals surface area contributed by atoms with Crippen LogP contribution >= 0.6 is 34.8 Å². The van der Waals surface area contributed by atoms with Crippen LogP contribution in [0.1, 0.15) is 44.8 Å². The minimum atomic E-state index is -0.277. The van der Waals surface area contributed by atoms with Crippen LogP contribution < -0.4 is 16.0 Å². The zero-order chi connectivity index (χ0) is 22.4. The molecule has 5 nitrogen and oxygen atoms in total. The average molecular weight is 543 g/mol. The lowest BCUT2D eigenvalue weighted by Crippen LogP contribution is -2.34. The molecule has 0 aromatic heterocycles. The van der Waals surface area contributed by atoms with E-state index in [1.165, 1.54) is 0 Å². The normalized spacial score (nSPS) is 11.3. The van der Waals surface area contributed by atoms with Gasteiger partial charge in [0.1, 0.15) is 0 Å². The van der Waals surface area contributed by atoms with Crippen LogP contribution in [0.2, 0.25) is 0 Å². The first-order chi connectivity index (χ1) is 14.8. The van der Waals surface area contributed by atoms with Crippen LogP contribution in [0.25, 0.3) is 0 Å². The number of rotatable bonds is 5. The summed E-state index contributed by atoms with van der Waals surface area (Å²) in [4.78, 5) is 24.9. The number of thiocarbonyl (C=S) groups is 1. The first kappa shape index (κ1) is 22.9. The van der Waals surface area contributed by atoms with E-state index in [2.05, 4.69) is 38.5 Å². The summed E-state index contributed by atoms with van der Waals surface area (Å²) in [5.41, 5.74) is 3.91. The summed E-state index contributed by atoms with van der Waals surface area (Å²) >= 11 is 7.44. The molecule has 1 unspecified atom stereocenters. The van der Waals surface area contributed by atoms with E-state index in [1.807, 2.05) is 56.3 Å². The van der Waals surface area contributed by atoms with Crippen LogP contribution in [-0.4, -0.2) is 16.9 Å². The zero-order valence-electron chi connectivity index (χ0n) is 17.1. The summed E-state index contributed by atoms with van der Waals surface area (Å²) in [5.74, 6) is -0.436. The number of benzene rings is 3. The highest BCUT2D eigenvalue weighted by atomic mass is 127. The number of hydrogen-bond acceptors (Lipinski definition) is 3. The SMILES string of the molecule is Cc1ccc(C(=O)NC(=S)Nc2ccc(C(=O)NC(C)c3ccccc3)cc2)cc1I. The monoisotopic (exact) mass is 543 g/mol. The maximum atomic E-state index is 12.5. The Morgan fingerprint density at radius 2 is 1.55 bits per heavy atom. The van der Waals surface area contributed by atoms with Gasteiger partial charge in [0, 0.05) is 20.4 Å². The van der Waals surface area contributed by atoms with Crippen molar-refractivity contribution in [2.45, 2.75) is 19.9 Å². The fourth-order valence-electron chi connectivity index (χ4n) is 2.88. The Kier molecular flexibility index (Phi) is 7.75. The number of halogens is 1. The molecule has 3 rings (SSSR count). The number of amides is 2. The van der Waals surface area contributed by atoms with Crippen molar-refractivity contribution in [1.29, 1.82) is 0 Å². The highest BCUT2D eigenvalue weighted by Crippen LogP contribution is 2.15. The molecule has 0 saturated heterocycles. The van der Waals surface area contributed by atoms with Crippen LogP contribution in [0.3, 0.4) is 0 Å². The molecule has 0 heterocycles. The number of hydrogen-bond donors (Lipinski definition) is 3. The van der Waals surface area contributed by atoms with Gasteiger partial charge in [-0.25, -0.2) is 0 Å². The number of carbonyl (C=O) groups excluding carboxylic acids is 2. The lowest BCUT2D eigenvalue weighted by molar-refractivity contribution is 0.0938. The summed E-state index contributed by atoms with van der Waals surface area (Å²) in [6, 6.07) is 22.1. The van der Waals surface area contributed by atoms with E-state index < -0.39 is 0 Å². The van der Waals surface area contributed by atoms with E-state index >= 15 is 0 Å². The Morgan fingerprint density at radius 1 is 0.903 bits per heavy atom. The Bertz CT molecular complexity index is 1100. The quantitative estimate of drug-likeness (QED) is 0.305. The van der Waals surface area contributed by atoms with Crippen LogP contribution in [0.5, 0.6) is 0 Å². The molecule has 0 aliphatic rings. The maximum Gasteiger partial charge on any atom is 0.257 e. The molecule has 0 spiro atoms. The lowest BCUT2D eigenvalue weighted by Gasteiger charge is -2.15. The van der Waals surface area contributed by atoms with E-state index in [4.69, 9.17) is 12.2 Å². The average Bonchev–Trinajstić information content (AvgIpc) is 2.76. The summed E-state index contributed by atoms with van der Waals surface area (Å²) in [5, 5.41) is 8.81. The number of aryl methyl sites for hydroxylation is 1. The second-order valence-corrected chi connectivity index (χ2v) is 8.63. The van der Waals surface area contributed by atoms with Crippen LogP contribution in [-0.2, 0) is 0 Å². The van der Waals surface area contributed by atoms with Crippen molar-refractivity contribution in [2.75, 3.05) is 5.32 Å². The number of carbonyl (C=O) groups is 2. The lowest BCUT2D eigenvalue weighted by atomic mass is 10.1. The molecule has 3 N–H and O–H groups in total. The number of anilines is 1. The van der Waals surface area contributed by atoms with Gasteiger partial charge in [0.25, 0.3) is 11.8 Å². The van der Waals surface area contributed by atoms with Gasteiger partial charge in [-0.05, 0) is 96.2 Å². The summed E-state index contributed by atoms with van der Waals surface area (Å²) in [7, 11) is 0. The fraction of sp³-hybridized carbons (Fsp3) is 0.125. The molecule has 2 amide bonds. The van der Waals surface area contributed by atoms with Gasteiger partial charge in [-0.1, -0.05) is 36.4 Å². The minimum Gasteiger partial charge on any atom is -0.346 e. The highest BCUT2D eigenvalue weighted by molar-refractivity contribution is 14.1. The molecule has 1 atom stereocenters. The standard InChI is InChI=1S/C24H22IN3O2S/c1-15-8-9-19(14-21(15)25)23(30)28-24(31)27-20-12-10-18(11-13-20)22(29)26-16(2)17-6-4-3-5-7-17/h3-14,16H,1-2H3,(H,26,29)(H2,27,28,30,31). The highest BCUT2D eigenvalue weighted by Gasteiger charge is 2.12. The van der Waals surface area contributed by atoms with E-state index in [-0.39, 0.29) is 23.0 Å². The third-order valence-electron chi connectivity index (χ3n) is 4.71. The molecular formula is C24H22IN3O2S. The molecule has 0 saturated carbocycles. The Balaban J connectivity index is 1.55. The van der Waals surface area contributed by atoms with Crippen molar-refractivity contribution in [3.05, 3.63) is 98.6 Å². The van der Waals surface area contributed by atoms with Crippen LogP contribution in [0.4, 0.5) is 5.69 Å².